The first kappa shape index (κ1) is 24.4. The molecule has 5 nitrogen and oxygen atoms in total. The van der Waals surface area contributed by atoms with Crippen molar-refractivity contribution in [3.8, 4) is 0 Å². The van der Waals surface area contributed by atoms with E-state index in [2.05, 4.69) is 22.8 Å². The van der Waals surface area contributed by atoms with Crippen LogP contribution in [0.25, 0.3) is 10.9 Å². The molecule has 4 saturated carbocycles. The lowest BCUT2D eigenvalue weighted by Crippen LogP contribution is -2.47. The molecule has 4 aliphatic rings. The van der Waals surface area contributed by atoms with Crippen molar-refractivity contribution in [1.82, 2.24) is 10.3 Å². The summed E-state index contributed by atoms with van der Waals surface area (Å²) in [6.45, 7) is 3.00. The molecule has 6 heteroatoms. The van der Waals surface area contributed by atoms with E-state index in [-0.39, 0.29) is 36.4 Å². The monoisotopic (exact) mass is 471 g/mol. The molecule has 0 unspecified atom stereocenters. The number of carbonyl (C=O) groups is 1. The van der Waals surface area contributed by atoms with Gasteiger partial charge in [-0.15, -0.1) is 12.4 Å². The molecule has 0 saturated heterocycles. The van der Waals surface area contributed by atoms with Crippen LogP contribution in [0.2, 0.25) is 0 Å². The molecule has 4 bridgehead atoms. The second-order valence-electron chi connectivity index (χ2n) is 11.0. The Bertz CT molecular complexity index is 944. The summed E-state index contributed by atoms with van der Waals surface area (Å²) in [6, 6.07) is 10.3. The standard InChI is InChI=1S/C27H37N3O2.ClH/c1-18(17-31)28-9-3-4-22-7-8-23-24(29-22)5-2-6-25(23)30-26(32)16-27-13-19-10-20(14-27)12-21(11-19)15-27;/h2,5-8,18-21,28,31H,3-4,9-17H2,1H3,(H,30,32);1H/t18-,19?,20?,21?,27?;/m1./s1. The average Bonchev–Trinajstić information content (AvgIpc) is 2.75. The second-order valence-corrected chi connectivity index (χ2v) is 11.0. The minimum Gasteiger partial charge on any atom is -0.395 e. The van der Waals surface area contributed by atoms with Crippen LogP contribution in [0.3, 0.4) is 0 Å². The number of amides is 1. The van der Waals surface area contributed by atoms with Crippen LogP contribution in [0.1, 0.15) is 64.0 Å². The van der Waals surface area contributed by atoms with E-state index in [1.54, 1.807) is 0 Å². The summed E-state index contributed by atoms with van der Waals surface area (Å²) in [5.74, 6) is 2.79. The van der Waals surface area contributed by atoms with E-state index in [0.717, 1.165) is 59.4 Å². The van der Waals surface area contributed by atoms with Crippen LogP contribution >= 0.6 is 12.4 Å². The Morgan fingerprint density at radius 2 is 1.82 bits per heavy atom. The summed E-state index contributed by atoms with van der Waals surface area (Å²) in [4.78, 5) is 17.9. The van der Waals surface area contributed by atoms with E-state index in [1.807, 2.05) is 25.1 Å². The first-order valence-electron chi connectivity index (χ1n) is 12.5. The van der Waals surface area contributed by atoms with Crippen LogP contribution in [0, 0.1) is 23.2 Å². The number of anilines is 1. The quantitative estimate of drug-likeness (QED) is 0.444. The molecule has 1 heterocycles. The van der Waals surface area contributed by atoms with Gasteiger partial charge >= 0.3 is 0 Å². The zero-order valence-corrected chi connectivity index (χ0v) is 20.5. The molecule has 1 aromatic heterocycles. The summed E-state index contributed by atoms with van der Waals surface area (Å²) in [7, 11) is 0. The Kier molecular flexibility index (Phi) is 7.62. The van der Waals surface area contributed by atoms with Gasteiger partial charge < -0.3 is 15.7 Å². The number of benzene rings is 1. The lowest BCUT2D eigenvalue weighted by Gasteiger charge is -2.56. The summed E-state index contributed by atoms with van der Waals surface area (Å²) >= 11 is 0. The second kappa shape index (κ2) is 10.3. The van der Waals surface area contributed by atoms with Crippen LogP contribution in [0.4, 0.5) is 5.69 Å². The molecule has 2 aromatic rings. The Hall–Kier alpha value is -1.69. The van der Waals surface area contributed by atoms with E-state index >= 15 is 0 Å². The maximum atomic E-state index is 13.1. The molecule has 33 heavy (non-hydrogen) atoms. The van der Waals surface area contributed by atoms with Gasteiger partial charge in [-0.3, -0.25) is 9.78 Å². The molecule has 4 aliphatic carbocycles. The molecule has 1 amide bonds. The predicted octanol–water partition coefficient (Wildman–Crippen LogP) is 5.10. The summed E-state index contributed by atoms with van der Waals surface area (Å²) in [5.41, 5.74) is 3.14. The molecule has 1 atom stereocenters. The highest BCUT2D eigenvalue weighted by atomic mass is 35.5. The summed E-state index contributed by atoms with van der Waals surface area (Å²) in [5, 5.41) is 16.7. The third-order valence-corrected chi connectivity index (χ3v) is 8.14. The predicted molar refractivity (Wildman–Crippen MR) is 136 cm³/mol. The fourth-order valence-electron chi connectivity index (χ4n) is 7.17. The van der Waals surface area contributed by atoms with Gasteiger partial charge in [-0.25, -0.2) is 0 Å². The van der Waals surface area contributed by atoms with Crippen LogP contribution in [-0.4, -0.2) is 35.2 Å². The number of nitrogens with one attached hydrogen (secondary N) is 2. The maximum Gasteiger partial charge on any atom is 0.224 e. The molecule has 0 aliphatic heterocycles. The number of halogens is 1. The summed E-state index contributed by atoms with van der Waals surface area (Å²) < 4.78 is 0. The molecular weight excluding hydrogens is 434 g/mol. The van der Waals surface area contributed by atoms with Crippen LogP contribution in [0.5, 0.6) is 0 Å². The highest BCUT2D eigenvalue weighted by molar-refractivity contribution is 6.01. The highest BCUT2D eigenvalue weighted by Crippen LogP contribution is 2.61. The van der Waals surface area contributed by atoms with Crippen LogP contribution in [-0.2, 0) is 11.2 Å². The van der Waals surface area contributed by atoms with E-state index in [1.165, 1.54) is 38.5 Å². The number of hydrogen-bond donors (Lipinski definition) is 3. The van der Waals surface area contributed by atoms with Gasteiger partial charge in [-0.2, -0.15) is 0 Å². The van der Waals surface area contributed by atoms with E-state index < -0.39 is 0 Å². The van der Waals surface area contributed by atoms with Crippen molar-refractivity contribution < 1.29 is 9.90 Å². The van der Waals surface area contributed by atoms with Crippen molar-refractivity contribution in [2.45, 2.75) is 70.8 Å². The normalized spacial score (nSPS) is 28.5. The van der Waals surface area contributed by atoms with Crippen molar-refractivity contribution in [1.29, 1.82) is 0 Å². The number of pyridine rings is 1. The Morgan fingerprint density at radius 1 is 1.12 bits per heavy atom. The Morgan fingerprint density at radius 3 is 2.48 bits per heavy atom. The maximum absolute atomic E-state index is 13.1. The number of aromatic nitrogens is 1. The first-order valence-corrected chi connectivity index (χ1v) is 12.5. The van der Waals surface area contributed by atoms with Gasteiger partial charge in [0.15, 0.2) is 0 Å². The molecular formula is C27H38ClN3O2. The van der Waals surface area contributed by atoms with Crippen LogP contribution < -0.4 is 10.6 Å². The number of nitrogens with zero attached hydrogens (tertiary/aromatic N) is 1. The van der Waals surface area contributed by atoms with E-state index in [4.69, 9.17) is 10.1 Å². The minimum atomic E-state index is 0. The number of rotatable bonds is 9. The number of aryl methyl sites for hydroxylation is 1. The Labute approximate surface area is 203 Å². The van der Waals surface area contributed by atoms with Crippen molar-refractivity contribution in [3.63, 3.8) is 0 Å². The molecule has 0 spiro atoms. The van der Waals surface area contributed by atoms with Crippen molar-refractivity contribution in [2.75, 3.05) is 18.5 Å². The molecule has 6 rings (SSSR count). The number of hydrogen-bond acceptors (Lipinski definition) is 4. The highest BCUT2D eigenvalue weighted by Gasteiger charge is 2.51. The van der Waals surface area contributed by atoms with Gasteiger partial charge in [0, 0.05) is 23.5 Å². The zero-order chi connectivity index (χ0) is 22.1. The SMILES string of the molecule is C[C@H](CO)NCCCc1ccc2c(NC(=O)CC34CC5CC(CC(C5)C3)C4)cccc2n1.Cl. The first-order chi connectivity index (χ1) is 15.5. The van der Waals surface area contributed by atoms with Gasteiger partial charge in [0.05, 0.1) is 17.8 Å². The number of aliphatic hydroxyl groups excluding tert-OH is 1. The van der Waals surface area contributed by atoms with Gasteiger partial charge in [0.1, 0.15) is 0 Å². The lowest BCUT2D eigenvalue weighted by molar-refractivity contribution is -0.124. The topological polar surface area (TPSA) is 74.2 Å². The fourth-order valence-corrected chi connectivity index (χ4v) is 7.17. The molecule has 180 valence electrons. The van der Waals surface area contributed by atoms with Crippen molar-refractivity contribution >= 4 is 34.9 Å². The molecule has 4 fully saturated rings. The minimum absolute atomic E-state index is 0. The van der Waals surface area contributed by atoms with E-state index in [0.29, 0.717) is 6.42 Å². The fraction of sp³-hybridized carbons (Fsp3) is 0.630. The van der Waals surface area contributed by atoms with Crippen LogP contribution in [0.15, 0.2) is 30.3 Å². The lowest BCUT2D eigenvalue weighted by atomic mass is 9.49. The molecule has 0 radical (unpaired) electrons. The number of aliphatic hydroxyl groups is 1. The largest absolute Gasteiger partial charge is 0.395 e. The van der Waals surface area contributed by atoms with Gasteiger partial charge in [-0.1, -0.05) is 6.07 Å². The third-order valence-electron chi connectivity index (χ3n) is 8.14. The van der Waals surface area contributed by atoms with Crippen molar-refractivity contribution in [3.05, 3.63) is 36.0 Å². The Balaban J connectivity index is 0.00000259. The number of fused-ring (bicyclic) bond motifs is 1. The van der Waals surface area contributed by atoms with Crippen molar-refractivity contribution in [2.24, 2.45) is 23.2 Å². The van der Waals surface area contributed by atoms with E-state index in [9.17, 15) is 4.79 Å². The molecule has 3 N–H and O–H groups in total. The average molecular weight is 472 g/mol. The van der Waals surface area contributed by atoms with Gasteiger partial charge in [-0.05, 0) is 112 Å². The zero-order valence-electron chi connectivity index (χ0n) is 19.7. The molecule has 1 aromatic carbocycles. The van der Waals surface area contributed by atoms with Gasteiger partial charge in [0.2, 0.25) is 5.91 Å². The van der Waals surface area contributed by atoms with Gasteiger partial charge in [0.25, 0.3) is 0 Å². The number of carbonyl (C=O) groups excluding carboxylic acids is 1. The third kappa shape index (κ3) is 5.52. The smallest absolute Gasteiger partial charge is 0.224 e. The summed E-state index contributed by atoms with van der Waals surface area (Å²) in [6.07, 6.45) is 10.6.